The molecule has 0 radical (unpaired) electrons. The first kappa shape index (κ1) is 24.1. The fourth-order valence-electron chi connectivity index (χ4n) is 11.8. The molecule has 3 unspecified atom stereocenters. The zero-order valence-electron chi connectivity index (χ0n) is 22.5. The molecule has 3 heteroatoms. The summed E-state index contributed by atoms with van der Waals surface area (Å²) in [6, 6.07) is 0.322. The second-order valence-electron chi connectivity index (χ2n) is 15.1. The Kier molecular flexibility index (Phi) is 5.29. The van der Waals surface area contributed by atoms with Gasteiger partial charge in [-0.05, 0) is 121 Å². The van der Waals surface area contributed by atoms with Crippen LogP contribution in [0.1, 0.15) is 113 Å². The van der Waals surface area contributed by atoms with Crippen molar-refractivity contribution in [2.24, 2.45) is 68.3 Å². The Morgan fingerprint density at radius 3 is 2.15 bits per heavy atom. The van der Waals surface area contributed by atoms with E-state index in [-0.39, 0.29) is 10.8 Å². The molecule has 3 nitrogen and oxygen atoms in total. The van der Waals surface area contributed by atoms with Gasteiger partial charge in [0, 0.05) is 6.04 Å². The molecule has 0 spiro atoms. The molecule has 188 valence electrons. The Bertz CT molecular complexity index is 820. The van der Waals surface area contributed by atoms with Crippen LogP contribution in [0, 0.1) is 62.6 Å². The molecular weight excluding hydrogens is 406 g/mol. The zero-order chi connectivity index (χ0) is 24.2. The van der Waals surface area contributed by atoms with Crippen molar-refractivity contribution in [2.45, 2.75) is 119 Å². The first-order valence-electron chi connectivity index (χ1n) is 14.2. The van der Waals surface area contributed by atoms with Gasteiger partial charge in [-0.25, -0.2) is 0 Å². The molecule has 0 aromatic rings. The molecule has 5 aliphatic rings. The van der Waals surface area contributed by atoms with Crippen molar-refractivity contribution in [1.29, 1.82) is 0 Å². The normalized spacial score (nSPS) is 55.3. The molecule has 5 aliphatic carbocycles. The number of fused-ring (bicyclic) bond motifs is 7. The SMILES string of the molecule is CC(C)[C@@H]1CCC2(C(=O)O)CC[C@]3(C)[C@H](CCC4[C@@]5(C)CC[C@H](N)C(C)(C)[C@@H]5CC[C@]43C)C12. The minimum atomic E-state index is -0.483. The van der Waals surface area contributed by atoms with E-state index < -0.39 is 11.4 Å². The van der Waals surface area contributed by atoms with Crippen molar-refractivity contribution in [3.63, 3.8) is 0 Å². The summed E-state index contributed by atoms with van der Waals surface area (Å²) in [6.45, 7) is 17.5. The summed E-state index contributed by atoms with van der Waals surface area (Å²) < 4.78 is 0. The third kappa shape index (κ3) is 2.81. The van der Waals surface area contributed by atoms with Crippen LogP contribution in [0.2, 0.25) is 0 Å². The third-order valence-corrected chi connectivity index (χ3v) is 13.9. The second-order valence-corrected chi connectivity index (χ2v) is 15.1. The molecule has 0 amide bonds. The van der Waals surface area contributed by atoms with Gasteiger partial charge in [-0.3, -0.25) is 4.79 Å². The summed E-state index contributed by atoms with van der Waals surface area (Å²) in [5, 5.41) is 10.5. The number of hydrogen-bond donors (Lipinski definition) is 2. The average Bonchev–Trinajstić information content (AvgIpc) is 3.13. The van der Waals surface area contributed by atoms with E-state index in [2.05, 4.69) is 48.5 Å². The van der Waals surface area contributed by atoms with Gasteiger partial charge >= 0.3 is 5.97 Å². The van der Waals surface area contributed by atoms with Gasteiger partial charge in [-0.1, -0.05) is 48.5 Å². The largest absolute Gasteiger partial charge is 0.481 e. The molecule has 0 aromatic heterocycles. The Morgan fingerprint density at radius 2 is 1.52 bits per heavy atom. The predicted octanol–water partition coefficient (Wildman–Crippen LogP) is 7.14. The van der Waals surface area contributed by atoms with Gasteiger partial charge in [-0.2, -0.15) is 0 Å². The highest BCUT2D eigenvalue weighted by molar-refractivity contribution is 5.76. The van der Waals surface area contributed by atoms with Crippen LogP contribution in [-0.2, 0) is 4.79 Å². The summed E-state index contributed by atoms with van der Waals surface area (Å²) >= 11 is 0. The van der Waals surface area contributed by atoms with Crippen LogP contribution >= 0.6 is 0 Å². The number of rotatable bonds is 2. The van der Waals surface area contributed by atoms with Crippen LogP contribution in [0.5, 0.6) is 0 Å². The van der Waals surface area contributed by atoms with Gasteiger partial charge < -0.3 is 10.8 Å². The van der Waals surface area contributed by atoms with Gasteiger partial charge in [0.05, 0.1) is 5.41 Å². The quantitative estimate of drug-likeness (QED) is 0.463. The van der Waals surface area contributed by atoms with Gasteiger partial charge in [0.15, 0.2) is 0 Å². The van der Waals surface area contributed by atoms with Crippen molar-refractivity contribution >= 4 is 5.97 Å². The standard InChI is InChI=1S/C30H51NO2/c1-18(2)19-10-15-30(25(32)33)17-16-28(6)20(24(19)30)8-9-22-27(5)13-12-23(31)26(3,4)21(27)11-14-29(22,28)7/h18-24H,8-17,31H2,1-7H3,(H,32,33)/t19-,20+,21-,22?,23-,24?,27-,28+,29+,30?/m0/s1. The van der Waals surface area contributed by atoms with E-state index in [4.69, 9.17) is 5.73 Å². The summed E-state index contributed by atoms with van der Waals surface area (Å²) in [4.78, 5) is 12.8. The number of aliphatic carboxylic acids is 1. The average molecular weight is 458 g/mol. The Balaban J connectivity index is 1.56. The van der Waals surface area contributed by atoms with E-state index in [0.717, 1.165) is 38.0 Å². The van der Waals surface area contributed by atoms with E-state index >= 15 is 0 Å². The van der Waals surface area contributed by atoms with Crippen molar-refractivity contribution in [1.82, 2.24) is 0 Å². The van der Waals surface area contributed by atoms with E-state index in [9.17, 15) is 9.90 Å². The summed E-state index contributed by atoms with van der Waals surface area (Å²) in [5.74, 6) is 3.06. The van der Waals surface area contributed by atoms with E-state index in [1.807, 2.05) is 0 Å². The lowest BCUT2D eigenvalue weighted by atomic mass is 9.32. The molecule has 5 saturated carbocycles. The van der Waals surface area contributed by atoms with Crippen LogP contribution in [0.25, 0.3) is 0 Å². The van der Waals surface area contributed by atoms with Crippen molar-refractivity contribution in [2.75, 3.05) is 0 Å². The Morgan fingerprint density at radius 1 is 0.818 bits per heavy atom. The molecule has 0 aliphatic heterocycles. The fraction of sp³-hybridized carbons (Fsp3) is 0.967. The van der Waals surface area contributed by atoms with Crippen molar-refractivity contribution in [3.8, 4) is 0 Å². The van der Waals surface area contributed by atoms with Crippen LogP contribution in [0.15, 0.2) is 0 Å². The van der Waals surface area contributed by atoms with Gasteiger partial charge in [0.25, 0.3) is 0 Å². The van der Waals surface area contributed by atoms with Crippen LogP contribution in [0.4, 0.5) is 0 Å². The first-order valence-corrected chi connectivity index (χ1v) is 14.2. The maximum Gasteiger partial charge on any atom is 0.309 e. The number of nitrogens with two attached hydrogens (primary N) is 1. The van der Waals surface area contributed by atoms with Crippen LogP contribution in [-0.4, -0.2) is 17.1 Å². The summed E-state index contributed by atoms with van der Waals surface area (Å²) in [6.07, 6.45) is 11.6. The van der Waals surface area contributed by atoms with E-state index in [0.29, 0.717) is 46.5 Å². The predicted molar refractivity (Wildman–Crippen MR) is 135 cm³/mol. The molecule has 5 rings (SSSR count). The number of carbonyl (C=O) groups is 1. The Labute approximate surface area is 203 Å². The minimum Gasteiger partial charge on any atom is -0.481 e. The number of hydrogen-bond acceptors (Lipinski definition) is 2. The Hall–Kier alpha value is -0.570. The van der Waals surface area contributed by atoms with Crippen LogP contribution < -0.4 is 5.73 Å². The molecule has 0 saturated heterocycles. The monoisotopic (exact) mass is 457 g/mol. The lowest BCUT2D eigenvalue weighted by Crippen LogP contribution is -2.67. The van der Waals surface area contributed by atoms with Crippen molar-refractivity contribution < 1.29 is 9.90 Å². The molecule has 5 fully saturated rings. The molecule has 10 atom stereocenters. The molecule has 3 N–H and O–H groups in total. The zero-order valence-corrected chi connectivity index (χ0v) is 22.5. The number of carboxylic acids is 1. The summed E-state index contributed by atoms with van der Waals surface area (Å²) in [5.41, 5.74) is 7.40. The highest BCUT2D eigenvalue weighted by Gasteiger charge is 2.71. The molecule has 0 bridgehead atoms. The molecule has 0 heterocycles. The topological polar surface area (TPSA) is 63.3 Å². The third-order valence-electron chi connectivity index (χ3n) is 13.9. The van der Waals surface area contributed by atoms with E-state index in [1.165, 1.54) is 32.1 Å². The molecular formula is C30H51NO2. The second kappa shape index (κ2) is 7.23. The highest BCUT2D eigenvalue weighted by atomic mass is 16.4. The first-order chi connectivity index (χ1) is 15.3. The van der Waals surface area contributed by atoms with Crippen LogP contribution in [0.3, 0.4) is 0 Å². The van der Waals surface area contributed by atoms with Crippen molar-refractivity contribution in [3.05, 3.63) is 0 Å². The van der Waals surface area contributed by atoms with Gasteiger partial charge in [0.2, 0.25) is 0 Å². The highest BCUT2D eigenvalue weighted by Crippen LogP contribution is 2.77. The minimum absolute atomic E-state index is 0.214. The maximum atomic E-state index is 12.8. The molecule has 33 heavy (non-hydrogen) atoms. The number of carboxylic acid groups (broad SMARTS) is 1. The maximum absolute atomic E-state index is 12.8. The fourth-order valence-corrected chi connectivity index (χ4v) is 11.8. The lowest BCUT2D eigenvalue weighted by molar-refractivity contribution is -0.241. The lowest BCUT2D eigenvalue weighted by Gasteiger charge is -2.73. The van der Waals surface area contributed by atoms with Gasteiger partial charge in [-0.15, -0.1) is 0 Å². The van der Waals surface area contributed by atoms with E-state index in [1.54, 1.807) is 0 Å². The van der Waals surface area contributed by atoms with Gasteiger partial charge in [0.1, 0.15) is 0 Å². The molecule has 0 aromatic carbocycles. The smallest absolute Gasteiger partial charge is 0.309 e. The summed E-state index contributed by atoms with van der Waals surface area (Å²) in [7, 11) is 0.